The van der Waals surface area contributed by atoms with Gasteiger partial charge in [-0.15, -0.1) is 0 Å². The number of carbonyl (C=O) groups is 1. The SMILES string of the molecule is CC(C)S(=O)(=O)CCC(=O)C1CC12CCNCC2. The Balaban J connectivity index is 1.84. The van der Waals surface area contributed by atoms with Crippen LogP contribution in [-0.2, 0) is 14.6 Å². The Labute approximate surface area is 109 Å². The molecule has 2 rings (SSSR count). The Morgan fingerprint density at radius 3 is 2.50 bits per heavy atom. The van der Waals surface area contributed by atoms with Crippen molar-refractivity contribution in [3.05, 3.63) is 0 Å². The standard InChI is InChI=1S/C13H23NO3S/c1-10(2)18(16,17)8-3-12(15)11-9-13(11)4-6-14-7-5-13/h10-11,14H,3-9H2,1-2H3. The van der Waals surface area contributed by atoms with Crippen molar-refractivity contribution in [3.8, 4) is 0 Å². The van der Waals surface area contributed by atoms with Crippen molar-refractivity contribution in [1.82, 2.24) is 5.32 Å². The first-order chi connectivity index (χ1) is 8.37. The zero-order valence-corrected chi connectivity index (χ0v) is 12.1. The van der Waals surface area contributed by atoms with E-state index in [1.165, 1.54) is 0 Å². The summed E-state index contributed by atoms with van der Waals surface area (Å²) in [5.74, 6) is 0.331. The minimum atomic E-state index is -3.07. The zero-order chi connectivity index (χ0) is 13.4. The van der Waals surface area contributed by atoms with E-state index in [0.29, 0.717) is 0 Å². The molecule has 0 aromatic heterocycles. The minimum absolute atomic E-state index is 0.0222. The summed E-state index contributed by atoms with van der Waals surface area (Å²) in [4.78, 5) is 12.1. The summed E-state index contributed by atoms with van der Waals surface area (Å²) < 4.78 is 23.4. The van der Waals surface area contributed by atoms with E-state index in [-0.39, 0.29) is 34.5 Å². The van der Waals surface area contributed by atoms with Crippen molar-refractivity contribution in [2.75, 3.05) is 18.8 Å². The molecule has 18 heavy (non-hydrogen) atoms. The molecule has 1 unspecified atom stereocenters. The number of carbonyl (C=O) groups excluding carboxylic acids is 1. The Morgan fingerprint density at radius 1 is 1.33 bits per heavy atom. The summed E-state index contributed by atoms with van der Waals surface area (Å²) in [6.45, 7) is 5.33. The van der Waals surface area contributed by atoms with Gasteiger partial charge >= 0.3 is 0 Å². The highest BCUT2D eigenvalue weighted by molar-refractivity contribution is 7.91. The lowest BCUT2D eigenvalue weighted by Gasteiger charge is -2.23. The Bertz CT molecular complexity index is 422. The van der Waals surface area contributed by atoms with Gasteiger partial charge in [0.2, 0.25) is 0 Å². The van der Waals surface area contributed by atoms with Crippen molar-refractivity contribution < 1.29 is 13.2 Å². The Kier molecular flexibility index (Phi) is 3.83. The van der Waals surface area contributed by atoms with Crippen LogP contribution in [0.15, 0.2) is 0 Å². The first-order valence-corrected chi connectivity index (χ1v) is 8.54. The predicted molar refractivity (Wildman–Crippen MR) is 71.2 cm³/mol. The normalized spacial score (nSPS) is 26.5. The van der Waals surface area contributed by atoms with E-state index in [4.69, 9.17) is 0 Å². The molecule has 0 radical (unpaired) electrons. The number of nitrogens with one attached hydrogen (secondary N) is 1. The topological polar surface area (TPSA) is 63.2 Å². The van der Waals surface area contributed by atoms with Crippen LogP contribution in [0.1, 0.15) is 39.5 Å². The molecule has 0 aromatic carbocycles. The second-order valence-electron chi connectivity index (χ2n) is 6.00. The van der Waals surface area contributed by atoms with Crippen LogP contribution in [0.3, 0.4) is 0 Å². The number of hydrogen-bond acceptors (Lipinski definition) is 4. The Hall–Kier alpha value is -0.420. The van der Waals surface area contributed by atoms with E-state index in [2.05, 4.69) is 5.32 Å². The fourth-order valence-corrected chi connectivity index (χ4v) is 3.89. The third-order valence-corrected chi connectivity index (χ3v) is 6.74. The molecule has 5 heteroatoms. The van der Waals surface area contributed by atoms with Crippen molar-refractivity contribution in [1.29, 1.82) is 0 Å². The molecule has 1 aliphatic heterocycles. The van der Waals surface area contributed by atoms with Gasteiger partial charge in [0.25, 0.3) is 0 Å². The van der Waals surface area contributed by atoms with Crippen LogP contribution in [0.2, 0.25) is 0 Å². The fraction of sp³-hybridized carbons (Fsp3) is 0.923. The summed E-state index contributed by atoms with van der Waals surface area (Å²) in [6, 6.07) is 0. The molecule has 0 amide bonds. The maximum Gasteiger partial charge on any atom is 0.153 e. The highest BCUT2D eigenvalue weighted by Crippen LogP contribution is 2.59. The summed E-state index contributed by atoms with van der Waals surface area (Å²) in [7, 11) is -3.07. The van der Waals surface area contributed by atoms with E-state index < -0.39 is 9.84 Å². The van der Waals surface area contributed by atoms with Crippen LogP contribution < -0.4 is 5.32 Å². The lowest BCUT2D eigenvalue weighted by atomic mass is 9.90. The molecule has 0 aromatic rings. The van der Waals surface area contributed by atoms with Gasteiger partial charge < -0.3 is 5.32 Å². The number of hydrogen-bond donors (Lipinski definition) is 1. The van der Waals surface area contributed by atoms with Crippen LogP contribution in [-0.4, -0.2) is 38.3 Å². The second-order valence-corrected chi connectivity index (χ2v) is 8.68. The number of ketones is 1. The maximum atomic E-state index is 12.1. The Morgan fingerprint density at radius 2 is 1.94 bits per heavy atom. The second kappa shape index (κ2) is 4.93. The lowest BCUT2D eigenvalue weighted by molar-refractivity contribution is -0.120. The van der Waals surface area contributed by atoms with Gasteiger partial charge in [0.15, 0.2) is 9.84 Å². The van der Waals surface area contributed by atoms with Crippen molar-refractivity contribution in [2.45, 2.75) is 44.8 Å². The summed E-state index contributed by atoms with van der Waals surface area (Å²) in [5.41, 5.74) is 0.226. The molecule has 2 aliphatic rings. The first-order valence-electron chi connectivity index (χ1n) is 6.82. The van der Waals surface area contributed by atoms with Gasteiger partial charge in [-0.1, -0.05) is 0 Å². The molecule has 1 atom stereocenters. The fourth-order valence-electron chi connectivity index (χ4n) is 2.93. The number of rotatable bonds is 5. The third kappa shape index (κ3) is 2.77. The molecule has 1 saturated heterocycles. The monoisotopic (exact) mass is 273 g/mol. The zero-order valence-electron chi connectivity index (χ0n) is 11.2. The van der Waals surface area contributed by atoms with Crippen LogP contribution in [0.5, 0.6) is 0 Å². The van der Waals surface area contributed by atoms with E-state index >= 15 is 0 Å². The molecule has 4 nitrogen and oxygen atoms in total. The molecule has 1 heterocycles. The van der Waals surface area contributed by atoms with Crippen LogP contribution in [0.4, 0.5) is 0 Å². The summed E-state index contributed by atoms with van der Waals surface area (Å²) >= 11 is 0. The van der Waals surface area contributed by atoms with E-state index in [1.807, 2.05) is 0 Å². The molecule has 1 aliphatic carbocycles. The van der Waals surface area contributed by atoms with Crippen molar-refractivity contribution in [2.24, 2.45) is 11.3 Å². The van der Waals surface area contributed by atoms with Crippen LogP contribution in [0, 0.1) is 11.3 Å². The van der Waals surface area contributed by atoms with E-state index in [9.17, 15) is 13.2 Å². The quantitative estimate of drug-likeness (QED) is 0.816. The average molecular weight is 273 g/mol. The molecular weight excluding hydrogens is 250 g/mol. The van der Waals surface area contributed by atoms with Gasteiger partial charge in [-0.2, -0.15) is 0 Å². The smallest absolute Gasteiger partial charge is 0.153 e. The lowest BCUT2D eigenvalue weighted by Crippen LogP contribution is -2.31. The molecule has 1 N–H and O–H groups in total. The van der Waals surface area contributed by atoms with Gasteiger partial charge in [-0.05, 0) is 51.6 Å². The average Bonchev–Trinajstić information content (AvgIpc) is 3.01. The molecule has 1 spiro atoms. The minimum Gasteiger partial charge on any atom is -0.317 e. The highest BCUT2D eigenvalue weighted by atomic mass is 32.2. The van der Waals surface area contributed by atoms with E-state index in [1.54, 1.807) is 13.8 Å². The van der Waals surface area contributed by atoms with Crippen LogP contribution >= 0.6 is 0 Å². The number of piperidine rings is 1. The predicted octanol–water partition coefficient (Wildman–Crippen LogP) is 1.16. The number of Topliss-reactive ketones (excluding diaryl/α,β-unsaturated/α-hetero) is 1. The maximum absolute atomic E-state index is 12.1. The van der Waals surface area contributed by atoms with Gasteiger partial charge in [0.1, 0.15) is 5.78 Å². The largest absolute Gasteiger partial charge is 0.317 e. The van der Waals surface area contributed by atoms with Gasteiger partial charge in [0.05, 0.1) is 11.0 Å². The van der Waals surface area contributed by atoms with Gasteiger partial charge in [-0.3, -0.25) is 4.79 Å². The molecule has 104 valence electrons. The van der Waals surface area contributed by atoms with E-state index in [0.717, 1.165) is 32.4 Å². The first kappa shape index (κ1) is 14.0. The van der Waals surface area contributed by atoms with Crippen LogP contribution in [0.25, 0.3) is 0 Å². The summed E-state index contributed by atoms with van der Waals surface area (Å²) in [6.07, 6.45) is 3.33. The third-order valence-electron chi connectivity index (χ3n) is 4.53. The molecule has 2 fully saturated rings. The molecule has 0 bridgehead atoms. The van der Waals surface area contributed by atoms with Gasteiger partial charge in [-0.25, -0.2) is 8.42 Å². The molecule has 1 saturated carbocycles. The van der Waals surface area contributed by atoms with Gasteiger partial charge in [0, 0.05) is 12.3 Å². The highest BCUT2D eigenvalue weighted by Gasteiger charge is 2.56. The van der Waals surface area contributed by atoms with Crippen molar-refractivity contribution in [3.63, 3.8) is 0 Å². The molecular formula is C13H23NO3S. The summed E-state index contributed by atoms with van der Waals surface area (Å²) in [5, 5.41) is 2.93. The number of sulfone groups is 1. The van der Waals surface area contributed by atoms with Crippen molar-refractivity contribution >= 4 is 15.6 Å².